The van der Waals surface area contributed by atoms with Crippen molar-refractivity contribution in [3.8, 4) is 0 Å². The fraction of sp³-hybridized carbons (Fsp3) is 0.333. The molecule has 1 rings (SSSR count). The lowest BCUT2D eigenvalue weighted by molar-refractivity contribution is -0.461. The summed E-state index contributed by atoms with van der Waals surface area (Å²) in [5.41, 5.74) is 5.91. The number of rotatable bonds is 5. The van der Waals surface area contributed by atoms with Gasteiger partial charge in [0.25, 0.3) is 0 Å². The van der Waals surface area contributed by atoms with E-state index in [0.717, 1.165) is 0 Å². The van der Waals surface area contributed by atoms with Crippen molar-refractivity contribution in [3.63, 3.8) is 0 Å². The topological polar surface area (TPSA) is 84.6 Å². The molecule has 0 aliphatic rings. The maximum Gasteiger partial charge on any atom is 0.423 e. The van der Waals surface area contributed by atoms with Crippen LogP contribution in [0.15, 0.2) is 18.2 Å². The molecule has 0 heterocycles. The number of hydrogen-bond acceptors (Lipinski definition) is 4. The number of ether oxygens (including phenoxy) is 1. The Kier molecular flexibility index (Phi) is 7.14. The van der Waals surface area contributed by atoms with Gasteiger partial charge in [0.2, 0.25) is 0 Å². The average Bonchev–Trinajstić information content (AvgIpc) is 2.42. The van der Waals surface area contributed by atoms with Crippen molar-refractivity contribution in [2.24, 2.45) is 0 Å². The Labute approximate surface area is 126 Å². The van der Waals surface area contributed by atoms with Gasteiger partial charge in [-0.1, -0.05) is 23.2 Å². The largest absolute Gasteiger partial charge is 0.457 e. The molecule has 0 amide bonds. The van der Waals surface area contributed by atoms with Crippen LogP contribution >= 0.6 is 23.2 Å². The van der Waals surface area contributed by atoms with Gasteiger partial charge in [-0.05, 0) is 25.1 Å². The number of halogens is 2. The van der Waals surface area contributed by atoms with Crippen LogP contribution in [0.5, 0.6) is 0 Å². The third kappa shape index (κ3) is 5.24. The zero-order chi connectivity index (χ0) is 15.0. The first-order valence-electron chi connectivity index (χ1n) is 5.94. The van der Waals surface area contributed by atoms with Crippen LogP contribution in [0.2, 0.25) is 10.0 Å². The first-order chi connectivity index (χ1) is 9.58. The molecule has 0 saturated carbocycles. The minimum atomic E-state index is -0.577. The number of hydrogen-bond donors (Lipinski definition) is 4. The van der Waals surface area contributed by atoms with Crippen LogP contribution in [-0.2, 0) is 9.53 Å². The molecule has 0 aliphatic heterocycles. The first-order valence-corrected chi connectivity index (χ1v) is 6.70. The quantitative estimate of drug-likeness (QED) is 0.264. The summed E-state index contributed by atoms with van der Waals surface area (Å²) < 4.78 is 4.86. The second kappa shape index (κ2) is 8.63. The fourth-order valence-corrected chi connectivity index (χ4v) is 1.61. The Morgan fingerprint density at radius 2 is 2.20 bits per heavy atom. The van der Waals surface area contributed by atoms with E-state index < -0.39 is 5.97 Å². The molecule has 110 valence electrons. The summed E-state index contributed by atoms with van der Waals surface area (Å²) in [5, 5.41) is 9.71. The van der Waals surface area contributed by atoms with E-state index in [0.29, 0.717) is 15.7 Å². The van der Waals surface area contributed by atoms with E-state index in [1.165, 1.54) is 0 Å². The van der Waals surface area contributed by atoms with Gasteiger partial charge in [-0.3, -0.25) is 4.99 Å². The highest BCUT2D eigenvalue weighted by Crippen LogP contribution is 2.24. The molecule has 6 nitrogen and oxygen atoms in total. The third-order valence-electron chi connectivity index (χ3n) is 2.14. The van der Waals surface area contributed by atoms with Gasteiger partial charge in [-0.25, -0.2) is 10.2 Å². The zero-order valence-electron chi connectivity index (χ0n) is 10.9. The van der Waals surface area contributed by atoms with E-state index in [4.69, 9.17) is 33.0 Å². The SMILES string of the molecule is CCOC(=O)C(NNc1cc(Cl)ccc1Cl)=[NH+]CCO. The van der Waals surface area contributed by atoms with Crippen LogP contribution in [0.3, 0.4) is 0 Å². The third-order valence-corrected chi connectivity index (χ3v) is 2.71. The number of benzene rings is 1. The van der Waals surface area contributed by atoms with E-state index in [9.17, 15) is 4.79 Å². The first kappa shape index (κ1) is 16.6. The number of aliphatic hydroxyl groups excluding tert-OH is 1. The second-order valence-electron chi connectivity index (χ2n) is 3.62. The van der Waals surface area contributed by atoms with Crippen molar-refractivity contribution in [2.45, 2.75) is 6.92 Å². The molecular weight excluding hydrogens is 305 g/mol. The van der Waals surface area contributed by atoms with E-state index in [2.05, 4.69) is 15.8 Å². The second-order valence-corrected chi connectivity index (χ2v) is 4.46. The molecule has 1 aromatic rings. The molecule has 0 spiro atoms. The molecule has 4 N–H and O–H groups in total. The fourth-order valence-electron chi connectivity index (χ4n) is 1.27. The number of nitrogens with one attached hydrogen (secondary N) is 3. The van der Waals surface area contributed by atoms with Gasteiger partial charge >= 0.3 is 11.8 Å². The van der Waals surface area contributed by atoms with Crippen LogP contribution in [0.4, 0.5) is 5.69 Å². The van der Waals surface area contributed by atoms with E-state index >= 15 is 0 Å². The lowest BCUT2D eigenvalue weighted by Gasteiger charge is -2.07. The number of esters is 1. The highest BCUT2D eigenvalue weighted by Gasteiger charge is 2.19. The molecule has 1 aromatic carbocycles. The Morgan fingerprint density at radius 1 is 1.45 bits per heavy atom. The highest BCUT2D eigenvalue weighted by molar-refractivity contribution is 6.35. The molecule has 20 heavy (non-hydrogen) atoms. The minimum Gasteiger partial charge on any atom is -0.457 e. The summed E-state index contributed by atoms with van der Waals surface area (Å²) in [6.07, 6.45) is 0. The summed E-state index contributed by atoms with van der Waals surface area (Å²) >= 11 is 11.8. The smallest absolute Gasteiger partial charge is 0.423 e. The normalized spacial score (nSPS) is 11.1. The molecule has 0 saturated heterocycles. The van der Waals surface area contributed by atoms with Gasteiger partial charge in [-0.2, -0.15) is 5.43 Å². The Bertz CT molecular complexity index is 495. The van der Waals surface area contributed by atoms with Gasteiger partial charge < -0.3 is 9.84 Å². The molecule has 0 fully saturated rings. The number of anilines is 1. The average molecular weight is 321 g/mol. The van der Waals surface area contributed by atoms with Gasteiger partial charge in [0.05, 0.1) is 23.9 Å². The molecule has 0 radical (unpaired) electrons. The van der Waals surface area contributed by atoms with Crippen LogP contribution < -0.4 is 15.8 Å². The summed E-state index contributed by atoms with van der Waals surface area (Å²) in [6.45, 7) is 2.01. The number of carbonyl (C=O) groups excluding carboxylic acids is 1. The molecule has 0 atom stereocenters. The van der Waals surface area contributed by atoms with Crippen LogP contribution in [-0.4, -0.2) is 36.7 Å². The zero-order valence-corrected chi connectivity index (χ0v) is 12.4. The van der Waals surface area contributed by atoms with Gasteiger partial charge in [0.1, 0.15) is 6.54 Å². The Balaban J connectivity index is 2.75. The number of hydrazine groups is 1. The summed E-state index contributed by atoms with van der Waals surface area (Å²) in [7, 11) is 0. The van der Waals surface area contributed by atoms with Gasteiger partial charge in [0.15, 0.2) is 0 Å². The number of carbonyl (C=O) groups is 1. The van der Waals surface area contributed by atoms with Crippen molar-refractivity contribution in [2.75, 3.05) is 25.2 Å². The molecule has 0 bridgehead atoms. The van der Waals surface area contributed by atoms with Crippen molar-refractivity contribution in [1.82, 2.24) is 5.43 Å². The summed E-state index contributed by atoms with van der Waals surface area (Å²) in [6, 6.07) is 4.87. The lowest BCUT2D eigenvalue weighted by atomic mass is 10.3. The molecule has 0 aliphatic carbocycles. The Morgan fingerprint density at radius 3 is 2.85 bits per heavy atom. The molecular formula is C12H16Cl2N3O3+. The maximum atomic E-state index is 11.7. The predicted octanol–water partition coefficient (Wildman–Crippen LogP) is -0.0556. The van der Waals surface area contributed by atoms with Gasteiger partial charge in [-0.15, -0.1) is 0 Å². The van der Waals surface area contributed by atoms with Crippen LogP contribution in [0.1, 0.15) is 6.92 Å². The highest BCUT2D eigenvalue weighted by atomic mass is 35.5. The van der Waals surface area contributed by atoms with Crippen molar-refractivity contribution in [3.05, 3.63) is 28.2 Å². The van der Waals surface area contributed by atoms with Crippen LogP contribution in [0.25, 0.3) is 0 Å². The lowest BCUT2D eigenvalue weighted by Crippen LogP contribution is -2.79. The van der Waals surface area contributed by atoms with Crippen molar-refractivity contribution < 1.29 is 19.6 Å². The summed E-state index contributed by atoms with van der Waals surface area (Å²) in [4.78, 5) is 14.4. The predicted molar refractivity (Wildman–Crippen MR) is 77.8 cm³/mol. The molecule has 8 heteroatoms. The number of aliphatic hydroxyl groups is 1. The maximum absolute atomic E-state index is 11.7. The van der Waals surface area contributed by atoms with Crippen LogP contribution in [0, 0.1) is 0 Å². The van der Waals surface area contributed by atoms with E-state index in [1.54, 1.807) is 25.1 Å². The summed E-state index contributed by atoms with van der Waals surface area (Å²) in [5.74, 6) is -0.511. The minimum absolute atomic E-state index is 0.0666. The van der Waals surface area contributed by atoms with Crippen molar-refractivity contribution in [1.29, 1.82) is 0 Å². The standard InChI is InChI=1S/C12H15Cl2N3O3/c1-2-20-12(19)11(15-5-6-18)17-16-10-7-8(13)3-4-9(10)14/h3-4,7,16,18H,2,5-6H2,1H3,(H,15,17)/p+1. The monoisotopic (exact) mass is 320 g/mol. The Hall–Kier alpha value is -1.50. The number of amidine groups is 1. The van der Waals surface area contributed by atoms with E-state index in [-0.39, 0.29) is 25.6 Å². The van der Waals surface area contributed by atoms with Gasteiger partial charge in [0, 0.05) is 5.02 Å². The molecule has 0 aromatic heterocycles. The van der Waals surface area contributed by atoms with E-state index in [1.807, 2.05) is 0 Å². The van der Waals surface area contributed by atoms with Crippen molar-refractivity contribution >= 4 is 40.7 Å². The molecule has 0 unspecified atom stereocenters.